The van der Waals surface area contributed by atoms with Crippen LogP contribution in [0.25, 0.3) is 27.3 Å². The summed E-state index contributed by atoms with van der Waals surface area (Å²) in [5.74, 6) is 0.637. The number of fused-ring (bicyclic) bond motifs is 4. The third-order valence-electron chi connectivity index (χ3n) is 3.81. The monoisotopic (exact) mass is 305 g/mol. The Morgan fingerprint density at radius 2 is 1.70 bits per heavy atom. The molecule has 6 heteroatoms. The molecule has 0 spiro atoms. The third-order valence-corrected chi connectivity index (χ3v) is 3.81. The molecule has 0 aliphatic carbocycles. The van der Waals surface area contributed by atoms with Crippen molar-refractivity contribution < 1.29 is 0 Å². The smallest absolute Gasteiger partial charge is 0.282 e. The molecule has 0 aliphatic rings. The summed E-state index contributed by atoms with van der Waals surface area (Å²) in [6, 6.07) is 15.1. The van der Waals surface area contributed by atoms with E-state index in [1.807, 2.05) is 42.5 Å². The highest BCUT2D eigenvalue weighted by Gasteiger charge is 2.12. The van der Waals surface area contributed by atoms with Crippen molar-refractivity contribution in [3.8, 4) is 0 Å². The van der Waals surface area contributed by atoms with Gasteiger partial charge in [0, 0.05) is 23.9 Å². The van der Waals surface area contributed by atoms with Crippen molar-refractivity contribution in [3.05, 3.63) is 58.9 Å². The molecule has 4 aromatic rings. The Kier molecular flexibility index (Phi) is 3.17. The molecule has 2 heterocycles. The zero-order valence-corrected chi connectivity index (χ0v) is 12.4. The number of hydrogen-bond acceptors (Lipinski definition) is 5. The lowest BCUT2D eigenvalue weighted by atomic mass is 10.1. The van der Waals surface area contributed by atoms with Crippen molar-refractivity contribution in [2.45, 2.75) is 0 Å². The maximum absolute atomic E-state index is 12.8. The summed E-state index contributed by atoms with van der Waals surface area (Å²) in [6.45, 7) is 1.07. The molecule has 0 fully saturated rings. The third kappa shape index (κ3) is 2.11. The first-order valence-electron chi connectivity index (χ1n) is 7.44. The molecule has 114 valence electrons. The quantitative estimate of drug-likeness (QED) is 0.445. The molecule has 4 rings (SSSR count). The van der Waals surface area contributed by atoms with Gasteiger partial charge in [-0.05, 0) is 12.1 Å². The van der Waals surface area contributed by atoms with E-state index in [4.69, 9.17) is 5.73 Å². The number of hydrogen-bond donors (Lipinski definition) is 2. The van der Waals surface area contributed by atoms with E-state index >= 15 is 0 Å². The minimum Gasteiger partial charge on any atom is -0.367 e. The zero-order valence-electron chi connectivity index (χ0n) is 12.4. The van der Waals surface area contributed by atoms with Crippen LogP contribution in [0, 0.1) is 0 Å². The molecule has 3 N–H and O–H groups in total. The normalized spacial score (nSPS) is 11.3. The molecule has 0 atom stereocenters. The Hall–Kier alpha value is -2.99. The van der Waals surface area contributed by atoms with Gasteiger partial charge in [-0.1, -0.05) is 36.4 Å². The zero-order chi connectivity index (χ0) is 15.8. The lowest BCUT2D eigenvalue weighted by Gasteiger charge is -2.11. The first-order chi connectivity index (χ1) is 11.3. The fourth-order valence-electron chi connectivity index (χ4n) is 2.75. The van der Waals surface area contributed by atoms with Crippen LogP contribution in [-0.2, 0) is 0 Å². The predicted octanol–water partition coefficient (Wildman–Crippen LogP) is 1.77. The molecule has 0 saturated carbocycles. The van der Waals surface area contributed by atoms with E-state index in [9.17, 15) is 4.79 Å². The minimum atomic E-state index is -0.174. The first-order valence-corrected chi connectivity index (χ1v) is 7.44. The van der Waals surface area contributed by atoms with Gasteiger partial charge in [-0.2, -0.15) is 4.52 Å². The number of anilines is 1. The van der Waals surface area contributed by atoms with Crippen LogP contribution in [0.2, 0.25) is 0 Å². The van der Waals surface area contributed by atoms with Crippen molar-refractivity contribution in [1.29, 1.82) is 0 Å². The molecule has 23 heavy (non-hydrogen) atoms. The highest BCUT2D eigenvalue weighted by Crippen LogP contribution is 2.24. The molecule has 0 unspecified atom stereocenters. The number of benzene rings is 2. The highest BCUT2D eigenvalue weighted by atomic mass is 16.1. The van der Waals surface area contributed by atoms with Crippen LogP contribution in [0.5, 0.6) is 0 Å². The Morgan fingerprint density at radius 1 is 1.00 bits per heavy atom. The number of aromatic nitrogens is 3. The molecule has 0 bridgehead atoms. The van der Waals surface area contributed by atoms with Gasteiger partial charge in [0.1, 0.15) is 0 Å². The van der Waals surface area contributed by atoms with E-state index in [2.05, 4.69) is 15.4 Å². The summed E-state index contributed by atoms with van der Waals surface area (Å²) >= 11 is 0. The van der Waals surface area contributed by atoms with Crippen molar-refractivity contribution in [3.63, 3.8) is 0 Å². The molecule has 0 radical (unpaired) electrons. The van der Waals surface area contributed by atoms with Gasteiger partial charge in [-0.3, -0.25) is 4.79 Å². The highest BCUT2D eigenvalue weighted by molar-refractivity contribution is 6.01. The number of rotatable bonds is 3. The lowest BCUT2D eigenvalue weighted by molar-refractivity contribution is 0.884. The summed E-state index contributed by atoms with van der Waals surface area (Å²) in [5, 5.41) is 10.00. The van der Waals surface area contributed by atoms with Crippen molar-refractivity contribution >= 4 is 33.1 Å². The van der Waals surface area contributed by atoms with Crippen LogP contribution in [0.1, 0.15) is 0 Å². The number of nitrogens with one attached hydrogen (secondary N) is 1. The largest absolute Gasteiger partial charge is 0.367 e. The van der Waals surface area contributed by atoms with Gasteiger partial charge in [0.15, 0.2) is 11.5 Å². The van der Waals surface area contributed by atoms with E-state index < -0.39 is 0 Å². The van der Waals surface area contributed by atoms with Gasteiger partial charge in [0.25, 0.3) is 5.56 Å². The fraction of sp³-hybridized carbons (Fsp3) is 0.118. The molecule has 2 aromatic carbocycles. The van der Waals surface area contributed by atoms with E-state index in [1.165, 1.54) is 4.52 Å². The van der Waals surface area contributed by atoms with Crippen molar-refractivity contribution in [1.82, 2.24) is 14.6 Å². The Balaban J connectivity index is 2.18. The summed E-state index contributed by atoms with van der Waals surface area (Å²) in [4.78, 5) is 17.4. The van der Waals surface area contributed by atoms with Crippen LogP contribution in [0.3, 0.4) is 0 Å². The van der Waals surface area contributed by atoms with E-state index in [0.717, 1.165) is 10.8 Å². The Morgan fingerprint density at radius 3 is 2.48 bits per heavy atom. The molecule has 0 aliphatic heterocycles. The van der Waals surface area contributed by atoms with Crippen molar-refractivity contribution in [2.24, 2.45) is 5.73 Å². The van der Waals surface area contributed by atoms with E-state index in [1.54, 1.807) is 6.07 Å². The SMILES string of the molecule is NCCNc1nn2c(=O)c3ccccc3nc2c2ccccc12. The van der Waals surface area contributed by atoms with Gasteiger partial charge in [0.05, 0.1) is 10.9 Å². The summed E-state index contributed by atoms with van der Waals surface area (Å²) in [6.07, 6.45) is 0. The lowest BCUT2D eigenvalue weighted by Crippen LogP contribution is -2.21. The average molecular weight is 305 g/mol. The predicted molar refractivity (Wildman–Crippen MR) is 91.8 cm³/mol. The van der Waals surface area contributed by atoms with Gasteiger partial charge in [0.2, 0.25) is 0 Å². The van der Waals surface area contributed by atoms with Gasteiger partial charge < -0.3 is 11.1 Å². The molecule has 0 saturated heterocycles. The standard InChI is InChI=1S/C17H15N5O/c18-9-10-19-15-11-5-1-2-6-12(11)16-20-14-8-4-3-7-13(14)17(23)22(16)21-15/h1-8H,9-10,18H2,(H,19,21). The second-order valence-electron chi connectivity index (χ2n) is 5.28. The fourth-order valence-corrected chi connectivity index (χ4v) is 2.75. The van der Waals surface area contributed by atoms with Gasteiger partial charge >= 0.3 is 0 Å². The van der Waals surface area contributed by atoms with Crippen LogP contribution < -0.4 is 16.6 Å². The second kappa shape index (κ2) is 5.33. The molecule has 6 nitrogen and oxygen atoms in total. The number of para-hydroxylation sites is 1. The van der Waals surface area contributed by atoms with Crippen molar-refractivity contribution in [2.75, 3.05) is 18.4 Å². The topological polar surface area (TPSA) is 85.3 Å². The molecule has 2 aromatic heterocycles. The Bertz CT molecular complexity index is 1090. The molecule has 0 amide bonds. The maximum Gasteiger partial charge on any atom is 0.282 e. The van der Waals surface area contributed by atoms with E-state index in [0.29, 0.717) is 35.5 Å². The van der Waals surface area contributed by atoms with Crippen LogP contribution in [-0.4, -0.2) is 27.7 Å². The van der Waals surface area contributed by atoms with Gasteiger partial charge in [-0.25, -0.2) is 4.98 Å². The summed E-state index contributed by atoms with van der Waals surface area (Å²) < 4.78 is 1.36. The summed E-state index contributed by atoms with van der Waals surface area (Å²) in [5.41, 5.74) is 6.62. The minimum absolute atomic E-state index is 0.174. The Labute approximate surface area is 131 Å². The second-order valence-corrected chi connectivity index (χ2v) is 5.28. The molecular weight excluding hydrogens is 290 g/mol. The maximum atomic E-state index is 12.8. The summed E-state index contributed by atoms with van der Waals surface area (Å²) in [7, 11) is 0. The van der Waals surface area contributed by atoms with Crippen LogP contribution in [0.4, 0.5) is 5.82 Å². The number of nitrogens with zero attached hydrogens (tertiary/aromatic N) is 3. The van der Waals surface area contributed by atoms with Crippen LogP contribution >= 0.6 is 0 Å². The van der Waals surface area contributed by atoms with Crippen LogP contribution in [0.15, 0.2) is 53.3 Å². The molecular formula is C17H15N5O. The average Bonchev–Trinajstić information content (AvgIpc) is 2.60. The number of nitrogens with two attached hydrogens (primary N) is 1. The van der Waals surface area contributed by atoms with Gasteiger partial charge in [-0.15, -0.1) is 5.10 Å². The first kappa shape index (κ1) is 13.7. The van der Waals surface area contributed by atoms with E-state index in [-0.39, 0.29) is 5.56 Å².